The Labute approximate surface area is 111 Å². The van der Waals surface area contributed by atoms with Gasteiger partial charge in [-0.15, -0.1) is 0 Å². The van der Waals surface area contributed by atoms with Crippen molar-refractivity contribution in [2.24, 2.45) is 5.73 Å². The van der Waals surface area contributed by atoms with Crippen LogP contribution in [0.25, 0.3) is 10.8 Å². The molecule has 19 heavy (non-hydrogen) atoms. The zero-order valence-electron chi connectivity index (χ0n) is 10.3. The van der Waals surface area contributed by atoms with Gasteiger partial charge in [0.2, 0.25) is 15.9 Å². The van der Waals surface area contributed by atoms with Gasteiger partial charge in [-0.05, 0) is 29.8 Å². The average molecular weight is 278 g/mol. The van der Waals surface area contributed by atoms with Crippen LogP contribution in [0, 0.1) is 0 Å². The number of amides is 1. The van der Waals surface area contributed by atoms with Gasteiger partial charge in [-0.25, -0.2) is 8.42 Å². The van der Waals surface area contributed by atoms with Crippen molar-refractivity contribution in [3.8, 4) is 0 Å². The third-order valence-electron chi connectivity index (χ3n) is 2.79. The number of benzene rings is 2. The third-order valence-corrected chi connectivity index (χ3v) is 4.33. The molecule has 0 spiro atoms. The van der Waals surface area contributed by atoms with Gasteiger partial charge in [0.05, 0.1) is 10.9 Å². The van der Waals surface area contributed by atoms with Crippen LogP contribution in [0.4, 0.5) is 0 Å². The molecule has 0 aliphatic rings. The number of rotatable bonds is 4. The molecule has 0 heterocycles. The Hall–Kier alpha value is -1.92. The molecule has 0 radical (unpaired) electrons. The number of carbonyl (C=O) groups is 1. The molecule has 0 aliphatic heterocycles. The van der Waals surface area contributed by atoms with Gasteiger partial charge < -0.3 is 5.73 Å². The van der Waals surface area contributed by atoms with Crippen LogP contribution in [0.2, 0.25) is 0 Å². The quantitative estimate of drug-likeness (QED) is 0.874. The van der Waals surface area contributed by atoms with Crippen molar-refractivity contribution < 1.29 is 13.2 Å². The summed E-state index contributed by atoms with van der Waals surface area (Å²) in [4.78, 5) is 11.0. The number of fused-ring (bicyclic) bond motifs is 1. The molecule has 0 aromatic heterocycles. The lowest BCUT2D eigenvalue weighted by Crippen LogP contribution is -2.42. The molecule has 1 amide bonds. The highest BCUT2D eigenvalue weighted by Gasteiger charge is 2.20. The van der Waals surface area contributed by atoms with Crippen molar-refractivity contribution in [1.82, 2.24) is 4.72 Å². The highest BCUT2D eigenvalue weighted by Crippen LogP contribution is 2.18. The Bertz CT molecular complexity index is 726. The van der Waals surface area contributed by atoms with Crippen molar-refractivity contribution in [1.29, 1.82) is 0 Å². The minimum absolute atomic E-state index is 0.110. The molecule has 6 heteroatoms. The molecule has 100 valence electrons. The molecular weight excluding hydrogens is 264 g/mol. The maximum atomic E-state index is 12.1. The molecule has 0 saturated carbocycles. The summed E-state index contributed by atoms with van der Waals surface area (Å²) in [6.07, 6.45) is 0. The number of nitrogens with two attached hydrogens (primary N) is 1. The summed E-state index contributed by atoms with van der Waals surface area (Å²) in [5.74, 6) is -0.718. The van der Waals surface area contributed by atoms with Crippen LogP contribution < -0.4 is 10.5 Å². The minimum Gasteiger partial charge on any atom is -0.368 e. The van der Waals surface area contributed by atoms with Crippen molar-refractivity contribution in [2.45, 2.75) is 17.9 Å². The standard InChI is InChI=1S/C13H14N2O3S/c1-9(13(14)16)15-19(17,18)12-7-6-10-4-2-3-5-11(10)8-12/h2-9,15H,1H3,(H2,14,16)/t9-/m0/s1. The largest absolute Gasteiger partial charge is 0.368 e. The molecule has 0 saturated heterocycles. The van der Waals surface area contributed by atoms with Crippen molar-refractivity contribution >= 4 is 26.7 Å². The summed E-state index contributed by atoms with van der Waals surface area (Å²) < 4.78 is 26.4. The minimum atomic E-state index is -3.75. The van der Waals surface area contributed by atoms with Gasteiger partial charge in [-0.3, -0.25) is 4.79 Å². The van der Waals surface area contributed by atoms with Crippen molar-refractivity contribution in [3.05, 3.63) is 42.5 Å². The number of carbonyl (C=O) groups excluding carboxylic acids is 1. The van der Waals surface area contributed by atoms with E-state index in [1.807, 2.05) is 24.3 Å². The molecule has 2 rings (SSSR count). The first-order valence-electron chi connectivity index (χ1n) is 5.70. The molecule has 0 aliphatic carbocycles. The topological polar surface area (TPSA) is 89.3 Å². The van der Waals surface area contributed by atoms with E-state index >= 15 is 0 Å². The zero-order chi connectivity index (χ0) is 14.0. The van der Waals surface area contributed by atoms with Crippen LogP contribution in [0.15, 0.2) is 47.4 Å². The molecule has 5 nitrogen and oxygen atoms in total. The van der Waals surface area contributed by atoms with E-state index in [4.69, 9.17) is 5.73 Å². The number of hydrogen-bond donors (Lipinski definition) is 2. The van der Waals surface area contributed by atoms with E-state index in [-0.39, 0.29) is 4.90 Å². The number of nitrogens with one attached hydrogen (secondary N) is 1. The fraction of sp³-hybridized carbons (Fsp3) is 0.154. The fourth-order valence-corrected chi connectivity index (χ4v) is 2.94. The second-order valence-corrected chi connectivity index (χ2v) is 5.97. The SMILES string of the molecule is C[C@H](NS(=O)(=O)c1ccc2ccccc2c1)C(N)=O. The Morgan fingerprint density at radius 3 is 2.42 bits per heavy atom. The van der Waals surface area contributed by atoms with E-state index in [1.54, 1.807) is 12.1 Å². The van der Waals surface area contributed by atoms with Crippen LogP contribution in [0.5, 0.6) is 0 Å². The fourth-order valence-electron chi connectivity index (χ4n) is 1.69. The number of primary amides is 1. The summed E-state index contributed by atoms with van der Waals surface area (Å²) in [5, 5.41) is 1.77. The summed E-state index contributed by atoms with van der Waals surface area (Å²) >= 11 is 0. The summed E-state index contributed by atoms with van der Waals surface area (Å²) in [7, 11) is -3.75. The van der Waals surface area contributed by atoms with Crippen LogP contribution in [0.3, 0.4) is 0 Å². The molecule has 1 atom stereocenters. The van der Waals surface area contributed by atoms with E-state index in [2.05, 4.69) is 4.72 Å². The molecular formula is C13H14N2O3S. The normalized spacial score (nSPS) is 13.3. The van der Waals surface area contributed by atoms with Crippen LogP contribution >= 0.6 is 0 Å². The van der Waals surface area contributed by atoms with Gasteiger partial charge in [-0.1, -0.05) is 30.3 Å². The maximum absolute atomic E-state index is 12.1. The van der Waals surface area contributed by atoms with Crippen LogP contribution in [-0.2, 0) is 14.8 Å². The monoisotopic (exact) mass is 278 g/mol. The molecule has 3 N–H and O–H groups in total. The molecule has 0 unspecified atom stereocenters. The number of sulfonamides is 1. The van der Waals surface area contributed by atoms with Crippen LogP contribution in [-0.4, -0.2) is 20.4 Å². The first kappa shape index (κ1) is 13.5. The summed E-state index contributed by atoms with van der Waals surface area (Å²) in [6, 6.07) is 11.3. The predicted molar refractivity (Wildman–Crippen MR) is 72.9 cm³/mol. The second kappa shape index (κ2) is 4.99. The predicted octanol–water partition coefficient (Wildman–Crippen LogP) is 0.992. The highest BCUT2D eigenvalue weighted by molar-refractivity contribution is 7.89. The van der Waals surface area contributed by atoms with E-state index in [0.717, 1.165) is 10.8 Å². The van der Waals surface area contributed by atoms with Crippen molar-refractivity contribution in [2.75, 3.05) is 0 Å². The van der Waals surface area contributed by atoms with Crippen molar-refractivity contribution in [3.63, 3.8) is 0 Å². The van der Waals surface area contributed by atoms with E-state index < -0.39 is 22.0 Å². The Morgan fingerprint density at radius 2 is 1.79 bits per heavy atom. The molecule has 2 aromatic rings. The summed E-state index contributed by atoms with van der Waals surface area (Å²) in [5.41, 5.74) is 5.05. The van der Waals surface area contributed by atoms with E-state index in [9.17, 15) is 13.2 Å². The van der Waals surface area contributed by atoms with E-state index in [0.29, 0.717) is 0 Å². The summed E-state index contributed by atoms with van der Waals surface area (Å²) in [6.45, 7) is 1.40. The first-order chi connectivity index (χ1) is 8.90. The molecule has 0 bridgehead atoms. The Morgan fingerprint density at radius 1 is 1.16 bits per heavy atom. The maximum Gasteiger partial charge on any atom is 0.241 e. The Balaban J connectivity index is 2.40. The van der Waals surface area contributed by atoms with Crippen LogP contribution in [0.1, 0.15) is 6.92 Å². The van der Waals surface area contributed by atoms with Gasteiger partial charge in [0.25, 0.3) is 0 Å². The number of hydrogen-bond acceptors (Lipinski definition) is 3. The first-order valence-corrected chi connectivity index (χ1v) is 7.19. The average Bonchev–Trinajstić information content (AvgIpc) is 2.37. The molecule has 2 aromatic carbocycles. The molecule has 0 fully saturated rings. The Kier molecular flexibility index (Phi) is 3.55. The van der Waals surface area contributed by atoms with Gasteiger partial charge in [-0.2, -0.15) is 4.72 Å². The lowest BCUT2D eigenvalue weighted by Gasteiger charge is -2.11. The van der Waals surface area contributed by atoms with Gasteiger partial charge >= 0.3 is 0 Å². The lowest BCUT2D eigenvalue weighted by atomic mass is 10.1. The van der Waals surface area contributed by atoms with Gasteiger partial charge in [0, 0.05) is 0 Å². The zero-order valence-corrected chi connectivity index (χ0v) is 11.1. The second-order valence-electron chi connectivity index (χ2n) is 4.25. The van der Waals surface area contributed by atoms with Gasteiger partial charge in [0.1, 0.15) is 0 Å². The van der Waals surface area contributed by atoms with E-state index in [1.165, 1.54) is 13.0 Å². The highest BCUT2D eigenvalue weighted by atomic mass is 32.2. The lowest BCUT2D eigenvalue weighted by molar-refractivity contribution is -0.119. The third kappa shape index (κ3) is 2.91. The van der Waals surface area contributed by atoms with Gasteiger partial charge in [0.15, 0.2) is 0 Å². The smallest absolute Gasteiger partial charge is 0.241 e.